The molecule has 8 nitrogen and oxygen atoms in total. The molecule has 3 rings (SSSR count). The smallest absolute Gasteiger partial charge is 0.291 e. The third-order valence-corrected chi connectivity index (χ3v) is 5.99. The molecule has 0 spiro atoms. The van der Waals surface area contributed by atoms with Crippen molar-refractivity contribution >= 4 is 44.8 Å². The molecular formula is C21H20ClN3O5S. The third kappa shape index (κ3) is 5.72. The zero-order valence-corrected chi connectivity index (χ0v) is 18.3. The highest BCUT2D eigenvalue weighted by molar-refractivity contribution is 7.89. The van der Waals surface area contributed by atoms with Crippen LogP contribution in [-0.2, 0) is 10.0 Å². The van der Waals surface area contributed by atoms with Crippen molar-refractivity contribution in [2.24, 2.45) is 0 Å². The summed E-state index contributed by atoms with van der Waals surface area (Å²) in [5.74, 6) is -0.887. The SMILES string of the molecule is CC(C)NS(=O)(=O)c1ccc(Cl)c(C(=O)Nc2cccc(NC(=O)c3ccco3)c2)c1. The predicted molar refractivity (Wildman–Crippen MR) is 118 cm³/mol. The lowest BCUT2D eigenvalue weighted by Crippen LogP contribution is -2.30. The van der Waals surface area contributed by atoms with Crippen LogP contribution >= 0.6 is 11.6 Å². The normalized spacial score (nSPS) is 11.4. The van der Waals surface area contributed by atoms with Gasteiger partial charge in [0.05, 0.1) is 21.7 Å². The Morgan fingerprint density at radius 2 is 1.61 bits per heavy atom. The van der Waals surface area contributed by atoms with E-state index in [-0.39, 0.29) is 27.3 Å². The van der Waals surface area contributed by atoms with Crippen molar-refractivity contribution < 1.29 is 22.4 Å². The van der Waals surface area contributed by atoms with Crippen molar-refractivity contribution in [2.45, 2.75) is 24.8 Å². The number of amides is 2. The number of hydrogen-bond acceptors (Lipinski definition) is 5. The average molecular weight is 462 g/mol. The first-order chi connectivity index (χ1) is 14.7. The molecule has 0 radical (unpaired) electrons. The summed E-state index contributed by atoms with van der Waals surface area (Å²) in [4.78, 5) is 24.8. The summed E-state index contributed by atoms with van der Waals surface area (Å²) in [5, 5.41) is 5.41. The Morgan fingerprint density at radius 3 is 2.23 bits per heavy atom. The fourth-order valence-electron chi connectivity index (χ4n) is 2.70. The Bertz CT molecular complexity index is 1210. The number of carbonyl (C=O) groups excluding carboxylic acids is 2. The number of anilines is 2. The molecule has 2 aromatic carbocycles. The Labute approximate surface area is 184 Å². The number of nitrogens with one attached hydrogen (secondary N) is 3. The van der Waals surface area contributed by atoms with Crippen LogP contribution in [0.15, 0.2) is 70.2 Å². The van der Waals surface area contributed by atoms with Crippen molar-refractivity contribution in [3.05, 3.63) is 77.2 Å². The summed E-state index contributed by atoms with van der Waals surface area (Å²) < 4.78 is 32.3. The molecule has 0 saturated heterocycles. The van der Waals surface area contributed by atoms with E-state index in [2.05, 4.69) is 15.4 Å². The summed E-state index contributed by atoms with van der Waals surface area (Å²) in [6.45, 7) is 3.39. The number of hydrogen-bond donors (Lipinski definition) is 3. The highest BCUT2D eigenvalue weighted by atomic mass is 35.5. The molecule has 1 heterocycles. The van der Waals surface area contributed by atoms with E-state index in [9.17, 15) is 18.0 Å². The fourth-order valence-corrected chi connectivity index (χ4v) is 4.18. The van der Waals surface area contributed by atoms with E-state index in [1.54, 1.807) is 44.2 Å². The Hall–Kier alpha value is -3.14. The number of rotatable bonds is 7. The van der Waals surface area contributed by atoms with Gasteiger partial charge in [0, 0.05) is 17.4 Å². The molecule has 0 atom stereocenters. The second-order valence-electron chi connectivity index (χ2n) is 6.88. The van der Waals surface area contributed by atoms with Crippen molar-refractivity contribution in [3.8, 4) is 0 Å². The van der Waals surface area contributed by atoms with Crippen LogP contribution in [0.1, 0.15) is 34.8 Å². The van der Waals surface area contributed by atoms with Gasteiger partial charge in [-0.2, -0.15) is 0 Å². The van der Waals surface area contributed by atoms with Gasteiger partial charge < -0.3 is 15.1 Å². The van der Waals surface area contributed by atoms with Crippen LogP contribution in [0.4, 0.5) is 11.4 Å². The highest BCUT2D eigenvalue weighted by Crippen LogP contribution is 2.23. The summed E-state index contributed by atoms with van der Waals surface area (Å²) in [5.41, 5.74) is 0.813. The van der Waals surface area contributed by atoms with Crippen LogP contribution in [0.25, 0.3) is 0 Å². The van der Waals surface area contributed by atoms with Gasteiger partial charge in [0.1, 0.15) is 0 Å². The van der Waals surface area contributed by atoms with Crippen molar-refractivity contribution in [1.29, 1.82) is 0 Å². The Kier molecular flexibility index (Phi) is 6.79. The molecule has 31 heavy (non-hydrogen) atoms. The second-order valence-corrected chi connectivity index (χ2v) is 9.01. The molecule has 0 fully saturated rings. The number of carbonyl (C=O) groups is 2. The summed E-state index contributed by atoms with van der Waals surface area (Å²) >= 11 is 6.13. The molecule has 0 bridgehead atoms. The van der Waals surface area contributed by atoms with Crippen LogP contribution in [0.2, 0.25) is 5.02 Å². The molecule has 3 aromatic rings. The van der Waals surface area contributed by atoms with E-state index in [0.29, 0.717) is 11.4 Å². The van der Waals surface area contributed by atoms with Crippen molar-refractivity contribution in [2.75, 3.05) is 10.6 Å². The molecule has 0 aliphatic carbocycles. The van der Waals surface area contributed by atoms with Crippen molar-refractivity contribution in [1.82, 2.24) is 4.72 Å². The predicted octanol–water partition coefficient (Wildman–Crippen LogP) is 4.12. The van der Waals surface area contributed by atoms with E-state index in [4.69, 9.17) is 16.0 Å². The lowest BCUT2D eigenvalue weighted by molar-refractivity contribution is 0.0995. The highest BCUT2D eigenvalue weighted by Gasteiger charge is 2.20. The van der Waals surface area contributed by atoms with E-state index in [0.717, 1.165) is 0 Å². The standard InChI is InChI=1S/C21H20ClN3O5S/c1-13(2)25-31(28,29)16-8-9-18(22)17(12-16)20(26)23-14-5-3-6-15(11-14)24-21(27)19-7-4-10-30-19/h3-13,25H,1-2H3,(H,23,26)(H,24,27). The maximum atomic E-state index is 12.7. The van der Waals surface area contributed by atoms with Gasteiger partial charge >= 0.3 is 0 Å². The van der Waals surface area contributed by atoms with Gasteiger partial charge in [-0.15, -0.1) is 0 Å². The van der Waals surface area contributed by atoms with Crippen LogP contribution < -0.4 is 15.4 Å². The van der Waals surface area contributed by atoms with E-state index in [1.807, 2.05) is 0 Å². The quantitative estimate of drug-likeness (QED) is 0.489. The molecule has 162 valence electrons. The second kappa shape index (κ2) is 9.34. The van der Waals surface area contributed by atoms with Crippen LogP contribution in [0.3, 0.4) is 0 Å². The minimum atomic E-state index is -3.79. The molecule has 0 unspecified atom stereocenters. The molecule has 0 aliphatic heterocycles. The monoisotopic (exact) mass is 461 g/mol. The molecule has 3 N–H and O–H groups in total. The van der Waals surface area contributed by atoms with Gasteiger partial charge in [-0.3, -0.25) is 9.59 Å². The van der Waals surface area contributed by atoms with Crippen LogP contribution in [0, 0.1) is 0 Å². The molecule has 2 amide bonds. The molecule has 0 aliphatic rings. The van der Waals surface area contributed by atoms with Gasteiger partial charge in [-0.1, -0.05) is 17.7 Å². The van der Waals surface area contributed by atoms with Crippen LogP contribution in [-0.4, -0.2) is 26.3 Å². The molecule has 10 heteroatoms. The fraction of sp³-hybridized carbons (Fsp3) is 0.143. The van der Waals surface area contributed by atoms with Gasteiger partial charge in [0.15, 0.2) is 5.76 Å². The summed E-state index contributed by atoms with van der Waals surface area (Å²) in [6.07, 6.45) is 1.39. The summed E-state index contributed by atoms with van der Waals surface area (Å²) in [7, 11) is -3.79. The maximum Gasteiger partial charge on any atom is 0.291 e. The number of halogens is 1. The van der Waals surface area contributed by atoms with Gasteiger partial charge in [0.2, 0.25) is 10.0 Å². The van der Waals surface area contributed by atoms with E-state index < -0.39 is 21.8 Å². The number of sulfonamides is 1. The first-order valence-electron chi connectivity index (χ1n) is 9.24. The van der Waals surface area contributed by atoms with E-state index >= 15 is 0 Å². The summed E-state index contributed by atoms with van der Waals surface area (Å²) in [6, 6.07) is 13.2. The van der Waals surface area contributed by atoms with E-state index in [1.165, 1.54) is 30.5 Å². The number of furan rings is 1. The number of benzene rings is 2. The Balaban J connectivity index is 1.79. The lowest BCUT2D eigenvalue weighted by Gasteiger charge is -2.12. The van der Waals surface area contributed by atoms with Gasteiger partial charge in [0.25, 0.3) is 11.8 Å². The Morgan fingerprint density at radius 1 is 0.935 bits per heavy atom. The minimum Gasteiger partial charge on any atom is -0.459 e. The van der Waals surface area contributed by atoms with Crippen LogP contribution in [0.5, 0.6) is 0 Å². The minimum absolute atomic E-state index is 0.00155. The van der Waals surface area contributed by atoms with Crippen molar-refractivity contribution in [3.63, 3.8) is 0 Å². The third-order valence-electron chi connectivity index (χ3n) is 4.01. The average Bonchev–Trinajstić information content (AvgIpc) is 3.22. The first-order valence-corrected chi connectivity index (χ1v) is 11.1. The lowest BCUT2D eigenvalue weighted by atomic mass is 10.2. The zero-order chi connectivity index (χ0) is 22.6. The first kappa shape index (κ1) is 22.5. The zero-order valence-electron chi connectivity index (χ0n) is 16.7. The molecular weight excluding hydrogens is 442 g/mol. The molecule has 1 aromatic heterocycles. The van der Waals surface area contributed by atoms with Gasteiger partial charge in [-0.05, 0) is 62.4 Å². The largest absolute Gasteiger partial charge is 0.459 e. The van der Waals surface area contributed by atoms with Gasteiger partial charge in [-0.25, -0.2) is 13.1 Å². The topological polar surface area (TPSA) is 118 Å². The maximum absolute atomic E-state index is 12.7. The molecule has 0 saturated carbocycles.